The normalized spacial score (nSPS) is 11.9. The Hall–Kier alpha value is -1.32. The maximum atomic E-state index is 11.5. The number of aryl methyl sites for hydroxylation is 2. The number of amides is 1. The second-order valence-electron chi connectivity index (χ2n) is 6.83. The van der Waals surface area contributed by atoms with Crippen molar-refractivity contribution in [3.8, 4) is 0 Å². The van der Waals surface area contributed by atoms with Crippen molar-refractivity contribution in [1.29, 1.82) is 0 Å². The summed E-state index contributed by atoms with van der Waals surface area (Å²) in [6, 6.07) is 0. The Morgan fingerprint density at radius 3 is 2.50 bits per heavy atom. The van der Waals surface area contributed by atoms with Gasteiger partial charge in [-0.15, -0.1) is 0 Å². The van der Waals surface area contributed by atoms with Crippen LogP contribution in [0.3, 0.4) is 0 Å². The van der Waals surface area contributed by atoms with E-state index in [2.05, 4.69) is 31.1 Å². The number of carbonyl (C=O) groups is 1. The lowest BCUT2D eigenvalue weighted by atomic mass is 9.97. The molecule has 114 valence electrons. The maximum Gasteiger partial charge on any atom is 0.220 e. The molecule has 1 aromatic rings. The second kappa shape index (κ2) is 6.91. The Labute approximate surface area is 122 Å². The van der Waals surface area contributed by atoms with Gasteiger partial charge in [-0.3, -0.25) is 4.79 Å². The van der Waals surface area contributed by atoms with Gasteiger partial charge in [0.05, 0.1) is 5.69 Å². The van der Waals surface area contributed by atoms with E-state index in [9.17, 15) is 4.79 Å². The molecule has 0 aliphatic heterocycles. The van der Waals surface area contributed by atoms with Gasteiger partial charge in [0, 0.05) is 24.8 Å². The zero-order valence-electron chi connectivity index (χ0n) is 13.7. The summed E-state index contributed by atoms with van der Waals surface area (Å²) in [5, 5.41) is 2.94. The molecule has 0 spiro atoms. The fraction of sp³-hybridized carbons (Fsp3) is 0.750. The SMILES string of the molecule is Cc1nc(C(C)(C)C)oc1CCCNC(=O)CC(C)C. The van der Waals surface area contributed by atoms with Crippen molar-refractivity contribution in [3.63, 3.8) is 0 Å². The molecule has 0 atom stereocenters. The van der Waals surface area contributed by atoms with E-state index in [0.29, 0.717) is 18.9 Å². The van der Waals surface area contributed by atoms with E-state index in [1.54, 1.807) is 0 Å². The summed E-state index contributed by atoms with van der Waals surface area (Å²) in [6.07, 6.45) is 2.29. The van der Waals surface area contributed by atoms with Crippen molar-refractivity contribution >= 4 is 5.91 Å². The smallest absolute Gasteiger partial charge is 0.220 e. The summed E-state index contributed by atoms with van der Waals surface area (Å²) in [6.45, 7) is 13.0. The number of nitrogens with zero attached hydrogens (tertiary/aromatic N) is 1. The van der Waals surface area contributed by atoms with Crippen LogP contribution in [0.1, 0.15) is 64.8 Å². The van der Waals surface area contributed by atoms with Crippen molar-refractivity contribution in [1.82, 2.24) is 10.3 Å². The minimum Gasteiger partial charge on any atom is -0.445 e. The van der Waals surface area contributed by atoms with Crippen molar-refractivity contribution < 1.29 is 9.21 Å². The molecule has 0 aromatic carbocycles. The lowest BCUT2D eigenvalue weighted by molar-refractivity contribution is -0.121. The molecule has 0 radical (unpaired) electrons. The van der Waals surface area contributed by atoms with Gasteiger partial charge in [-0.25, -0.2) is 4.98 Å². The van der Waals surface area contributed by atoms with Gasteiger partial charge in [-0.1, -0.05) is 34.6 Å². The summed E-state index contributed by atoms with van der Waals surface area (Å²) in [5.41, 5.74) is 0.900. The molecular formula is C16H28N2O2. The van der Waals surface area contributed by atoms with Gasteiger partial charge >= 0.3 is 0 Å². The molecule has 0 saturated heterocycles. The van der Waals surface area contributed by atoms with Gasteiger partial charge in [0.1, 0.15) is 5.76 Å². The highest BCUT2D eigenvalue weighted by atomic mass is 16.4. The Balaban J connectivity index is 2.39. The first-order chi connectivity index (χ1) is 9.20. The first kappa shape index (κ1) is 16.7. The number of carbonyl (C=O) groups excluding carboxylic acids is 1. The van der Waals surface area contributed by atoms with Crippen LogP contribution in [0.5, 0.6) is 0 Å². The summed E-state index contributed by atoms with van der Waals surface area (Å²) >= 11 is 0. The van der Waals surface area contributed by atoms with Crippen molar-refractivity contribution in [2.45, 2.75) is 66.2 Å². The molecular weight excluding hydrogens is 252 g/mol. The fourth-order valence-electron chi connectivity index (χ4n) is 1.90. The van der Waals surface area contributed by atoms with Crippen LogP contribution < -0.4 is 5.32 Å². The van der Waals surface area contributed by atoms with Crippen LogP contribution >= 0.6 is 0 Å². The van der Waals surface area contributed by atoms with Crippen LogP contribution in [0.25, 0.3) is 0 Å². The van der Waals surface area contributed by atoms with E-state index in [4.69, 9.17) is 4.42 Å². The predicted octanol–water partition coefficient (Wildman–Crippen LogP) is 3.38. The number of hydrogen-bond acceptors (Lipinski definition) is 3. The molecule has 1 heterocycles. The molecule has 1 amide bonds. The molecule has 0 fully saturated rings. The molecule has 1 N–H and O–H groups in total. The van der Waals surface area contributed by atoms with Crippen molar-refractivity contribution in [2.75, 3.05) is 6.54 Å². The quantitative estimate of drug-likeness (QED) is 0.813. The molecule has 20 heavy (non-hydrogen) atoms. The third kappa shape index (κ3) is 5.35. The molecule has 4 heteroatoms. The highest BCUT2D eigenvalue weighted by Gasteiger charge is 2.21. The molecule has 0 saturated carbocycles. The number of rotatable bonds is 6. The second-order valence-corrected chi connectivity index (χ2v) is 6.83. The van der Waals surface area contributed by atoms with Crippen LogP contribution in [0.2, 0.25) is 0 Å². The Kier molecular flexibility index (Phi) is 5.78. The standard InChI is InChI=1S/C16H28N2O2/c1-11(2)10-14(19)17-9-7-8-13-12(3)18-15(20-13)16(4,5)6/h11H,7-10H2,1-6H3,(H,17,19). The van der Waals surface area contributed by atoms with E-state index in [-0.39, 0.29) is 11.3 Å². The predicted molar refractivity (Wildman–Crippen MR) is 80.7 cm³/mol. The molecule has 0 bridgehead atoms. The number of oxazole rings is 1. The van der Waals surface area contributed by atoms with Gasteiger partial charge in [0.2, 0.25) is 5.91 Å². The van der Waals surface area contributed by atoms with Gasteiger partial charge < -0.3 is 9.73 Å². The highest BCUT2D eigenvalue weighted by Crippen LogP contribution is 2.24. The Morgan fingerprint density at radius 2 is 2.00 bits per heavy atom. The average molecular weight is 280 g/mol. The molecule has 0 unspecified atom stereocenters. The van der Waals surface area contributed by atoms with Crippen LogP contribution in [-0.4, -0.2) is 17.4 Å². The van der Waals surface area contributed by atoms with Gasteiger partial charge in [-0.2, -0.15) is 0 Å². The third-order valence-electron chi connectivity index (χ3n) is 3.03. The fourth-order valence-corrected chi connectivity index (χ4v) is 1.90. The van der Waals surface area contributed by atoms with Crippen molar-refractivity contribution in [3.05, 3.63) is 17.3 Å². The van der Waals surface area contributed by atoms with Crippen LogP contribution in [0.15, 0.2) is 4.42 Å². The highest BCUT2D eigenvalue weighted by molar-refractivity contribution is 5.75. The lowest BCUT2D eigenvalue weighted by Gasteiger charge is -2.12. The van der Waals surface area contributed by atoms with E-state index in [0.717, 1.165) is 30.2 Å². The van der Waals surface area contributed by atoms with E-state index >= 15 is 0 Å². The average Bonchev–Trinajstić information content (AvgIpc) is 2.65. The molecule has 4 nitrogen and oxygen atoms in total. The third-order valence-corrected chi connectivity index (χ3v) is 3.03. The minimum atomic E-state index is -0.0610. The zero-order chi connectivity index (χ0) is 15.3. The van der Waals surface area contributed by atoms with Crippen LogP contribution in [-0.2, 0) is 16.6 Å². The van der Waals surface area contributed by atoms with Crippen LogP contribution in [0.4, 0.5) is 0 Å². The lowest BCUT2D eigenvalue weighted by Crippen LogP contribution is -2.25. The number of nitrogens with one attached hydrogen (secondary N) is 1. The Bertz CT molecular complexity index is 442. The van der Waals surface area contributed by atoms with Crippen molar-refractivity contribution in [2.24, 2.45) is 5.92 Å². The first-order valence-electron chi connectivity index (χ1n) is 7.43. The van der Waals surface area contributed by atoms with Gasteiger partial charge in [0.15, 0.2) is 5.89 Å². The van der Waals surface area contributed by atoms with E-state index in [1.807, 2.05) is 20.8 Å². The Morgan fingerprint density at radius 1 is 1.35 bits per heavy atom. The molecule has 0 aliphatic carbocycles. The van der Waals surface area contributed by atoms with E-state index < -0.39 is 0 Å². The number of aromatic nitrogens is 1. The van der Waals surface area contributed by atoms with Gasteiger partial charge in [0.25, 0.3) is 0 Å². The summed E-state index contributed by atoms with van der Waals surface area (Å²) < 4.78 is 5.83. The largest absolute Gasteiger partial charge is 0.445 e. The summed E-state index contributed by atoms with van der Waals surface area (Å²) in [5.74, 6) is 2.26. The first-order valence-corrected chi connectivity index (χ1v) is 7.43. The summed E-state index contributed by atoms with van der Waals surface area (Å²) in [7, 11) is 0. The molecule has 0 aliphatic rings. The van der Waals surface area contributed by atoms with Gasteiger partial charge in [-0.05, 0) is 19.3 Å². The topological polar surface area (TPSA) is 55.1 Å². The zero-order valence-corrected chi connectivity index (χ0v) is 13.7. The number of hydrogen-bond donors (Lipinski definition) is 1. The minimum absolute atomic E-state index is 0.0610. The van der Waals surface area contributed by atoms with E-state index in [1.165, 1.54) is 0 Å². The molecule has 1 rings (SSSR count). The van der Waals surface area contributed by atoms with Crippen LogP contribution in [0, 0.1) is 12.8 Å². The monoisotopic (exact) mass is 280 g/mol. The summed E-state index contributed by atoms with van der Waals surface area (Å²) in [4.78, 5) is 16.0. The maximum absolute atomic E-state index is 11.5. The molecule has 1 aromatic heterocycles.